The fourth-order valence-corrected chi connectivity index (χ4v) is 1.47. The van der Waals surface area contributed by atoms with Gasteiger partial charge in [0.25, 0.3) is 0 Å². The molecule has 0 saturated heterocycles. The predicted octanol–water partition coefficient (Wildman–Crippen LogP) is 1.98. The largest absolute Gasteiger partial charge is 0.313 e. The highest BCUT2D eigenvalue weighted by Gasteiger charge is 2.21. The zero-order valence-electron chi connectivity index (χ0n) is 6.82. The van der Waals surface area contributed by atoms with E-state index in [-0.39, 0.29) is 0 Å². The monoisotopic (exact) mass is 198 g/mol. The van der Waals surface area contributed by atoms with Gasteiger partial charge in [0.2, 0.25) is 0 Å². The predicted molar refractivity (Wildman–Crippen MR) is 50.7 cm³/mol. The molecule has 68 valence electrons. The Labute approximate surface area is 78.2 Å². The Morgan fingerprint density at radius 1 is 1.36 bits per heavy atom. The van der Waals surface area contributed by atoms with E-state index in [0.29, 0.717) is 6.42 Å². The number of nitrogens with two attached hydrogens (primary N) is 2. The van der Waals surface area contributed by atoms with Gasteiger partial charge in [0.05, 0.1) is 5.66 Å². The average molecular weight is 199 g/mol. The first kappa shape index (κ1) is 11.5. The van der Waals surface area contributed by atoms with E-state index < -0.39 is 10.5 Å². The molecule has 4 N–H and O–H groups in total. The molecule has 0 fully saturated rings. The molecule has 0 amide bonds. The summed E-state index contributed by atoms with van der Waals surface area (Å²) in [5, 5.41) is 0. The van der Waals surface area contributed by atoms with Gasteiger partial charge in [0, 0.05) is 6.42 Å². The SMILES string of the molecule is CCCCC(N)(N)CC(Cl)Cl. The van der Waals surface area contributed by atoms with Gasteiger partial charge < -0.3 is 11.5 Å². The molecule has 0 atom stereocenters. The minimum atomic E-state index is -0.690. The summed E-state index contributed by atoms with van der Waals surface area (Å²) in [6, 6.07) is 0. The molecule has 0 aromatic heterocycles. The Morgan fingerprint density at radius 2 is 1.91 bits per heavy atom. The molecule has 11 heavy (non-hydrogen) atoms. The highest BCUT2D eigenvalue weighted by atomic mass is 35.5. The van der Waals surface area contributed by atoms with E-state index in [4.69, 9.17) is 34.7 Å². The van der Waals surface area contributed by atoms with E-state index in [0.717, 1.165) is 19.3 Å². The van der Waals surface area contributed by atoms with Crippen molar-refractivity contribution in [3.05, 3.63) is 0 Å². The number of rotatable bonds is 5. The Kier molecular flexibility index (Phi) is 5.44. The van der Waals surface area contributed by atoms with Crippen molar-refractivity contribution in [2.45, 2.75) is 43.1 Å². The Balaban J connectivity index is 3.61. The molecule has 0 rings (SSSR count). The maximum Gasteiger partial charge on any atom is 0.110 e. The van der Waals surface area contributed by atoms with Gasteiger partial charge in [-0.15, -0.1) is 23.2 Å². The van der Waals surface area contributed by atoms with Crippen LogP contribution < -0.4 is 11.5 Å². The summed E-state index contributed by atoms with van der Waals surface area (Å²) in [7, 11) is 0. The van der Waals surface area contributed by atoms with E-state index in [9.17, 15) is 0 Å². The number of hydrogen-bond donors (Lipinski definition) is 2. The Morgan fingerprint density at radius 3 is 2.27 bits per heavy atom. The first-order chi connectivity index (χ1) is 4.98. The van der Waals surface area contributed by atoms with Crippen molar-refractivity contribution in [1.82, 2.24) is 0 Å². The standard InChI is InChI=1S/C7H16Cl2N2/c1-2-3-4-7(10,11)5-6(8)9/h6H,2-5,10-11H2,1H3. The van der Waals surface area contributed by atoms with Gasteiger partial charge in [-0.2, -0.15) is 0 Å². The van der Waals surface area contributed by atoms with E-state index >= 15 is 0 Å². The molecule has 0 spiro atoms. The third-order valence-electron chi connectivity index (χ3n) is 1.53. The minimum Gasteiger partial charge on any atom is -0.313 e. The summed E-state index contributed by atoms with van der Waals surface area (Å²) in [6.45, 7) is 2.09. The Bertz CT molecular complexity index is 105. The molecular formula is C7H16Cl2N2. The Hall–Kier alpha value is 0.500. The highest BCUT2D eigenvalue weighted by Crippen LogP contribution is 2.17. The fraction of sp³-hybridized carbons (Fsp3) is 1.00. The average Bonchev–Trinajstić information content (AvgIpc) is 1.81. The second-order valence-electron chi connectivity index (χ2n) is 2.93. The van der Waals surface area contributed by atoms with Crippen molar-refractivity contribution in [2.24, 2.45) is 11.5 Å². The van der Waals surface area contributed by atoms with Crippen molar-refractivity contribution in [3.8, 4) is 0 Å². The van der Waals surface area contributed by atoms with Gasteiger partial charge >= 0.3 is 0 Å². The quantitative estimate of drug-likeness (QED) is 0.525. The number of halogens is 2. The van der Waals surface area contributed by atoms with Crippen LogP contribution in [0.25, 0.3) is 0 Å². The minimum absolute atomic E-state index is 0.454. The molecule has 0 heterocycles. The van der Waals surface area contributed by atoms with E-state index in [2.05, 4.69) is 6.92 Å². The van der Waals surface area contributed by atoms with Crippen LogP contribution in [0.4, 0.5) is 0 Å². The number of hydrogen-bond acceptors (Lipinski definition) is 2. The summed E-state index contributed by atoms with van der Waals surface area (Å²) in [5.74, 6) is 0. The zero-order valence-corrected chi connectivity index (χ0v) is 8.33. The second kappa shape index (κ2) is 5.20. The lowest BCUT2D eigenvalue weighted by Crippen LogP contribution is -2.50. The fourth-order valence-electron chi connectivity index (χ4n) is 0.895. The van der Waals surface area contributed by atoms with Gasteiger partial charge in [-0.3, -0.25) is 0 Å². The van der Waals surface area contributed by atoms with Gasteiger partial charge in [0.1, 0.15) is 4.84 Å². The molecular weight excluding hydrogens is 183 g/mol. The lowest BCUT2D eigenvalue weighted by molar-refractivity contribution is 0.377. The lowest BCUT2D eigenvalue weighted by Gasteiger charge is -2.24. The van der Waals surface area contributed by atoms with Gasteiger partial charge in [-0.1, -0.05) is 19.8 Å². The molecule has 0 bridgehead atoms. The zero-order chi connectivity index (χ0) is 8.91. The second-order valence-corrected chi connectivity index (χ2v) is 4.21. The first-order valence-electron chi connectivity index (χ1n) is 3.84. The molecule has 0 aliphatic rings. The van der Waals surface area contributed by atoms with Crippen molar-refractivity contribution in [2.75, 3.05) is 0 Å². The topological polar surface area (TPSA) is 52.0 Å². The molecule has 0 saturated carbocycles. The molecule has 0 aromatic rings. The van der Waals surface area contributed by atoms with Crippen LogP contribution >= 0.6 is 23.2 Å². The third-order valence-corrected chi connectivity index (χ3v) is 1.84. The maximum atomic E-state index is 5.71. The van der Waals surface area contributed by atoms with Crippen molar-refractivity contribution in [1.29, 1.82) is 0 Å². The molecule has 0 radical (unpaired) electrons. The summed E-state index contributed by atoms with van der Waals surface area (Å²) in [5.41, 5.74) is 10.7. The van der Waals surface area contributed by atoms with Crippen molar-refractivity contribution >= 4 is 23.2 Å². The van der Waals surface area contributed by atoms with Gasteiger partial charge in [0.15, 0.2) is 0 Å². The van der Waals surface area contributed by atoms with Crippen molar-refractivity contribution in [3.63, 3.8) is 0 Å². The normalized spacial score (nSPS) is 12.5. The van der Waals surface area contributed by atoms with Crippen LogP contribution in [0.2, 0.25) is 0 Å². The molecule has 0 aliphatic heterocycles. The number of unbranched alkanes of at least 4 members (excludes halogenated alkanes) is 1. The van der Waals surface area contributed by atoms with Gasteiger partial charge in [-0.25, -0.2) is 0 Å². The van der Waals surface area contributed by atoms with E-state index in [1.807, 2.05) is 0 Å². The van der Waals surface area contributed by atoms with Crippen LogP contribution in [0.3, 0.4) is 0 Å². The highest BCUT2D eigenvalue weighted by molar-refractivity contribution is 6.44. The number of alkyl halides is 2. The van der Waals surface area contributed by atoms with E-state index in [1.165, 1.54) is 0 Å². The van der Waals surface area contributed by atoms with Crippen LogP contribution in [-0.4, -0.2) is 10.5 Å². The van der Waals surface area contributed by atoms with Gasteiger partial charge in [-0.05, 0) is 6.42 Å². The first-order valence-corrected chi connectivity index (χ1v) is 4.71. The van der Waals surface area contributed by atoms with Crippen molar-refractivity contribution < 1.29 is 0 Å². The van der Waals surface area contributed by atoms with Crippen LogP contribution in [-0.2, 0) is 0 Å². The van der Waals surface area contributed by atoms with Crippen LogP contribution in [0.5, 0.6) is 0 Å². The van der Waals surface area contributed by atoms with E-state index in [1.54, 1.807) is 0 Å². The molecule has 2 nitrogen and oxygen atoms in total. The maximum absolute atomic E-state index is 5.71. The smallest absolute Gasteiger partial charge is 0.110 e. The summed E-state index contributed by atoms with van der Waals surface area (Å²) < 4.78 is 0. The third kappa shape index (κ3) is 6.88. The molecule has 0 aliphatic carbocycles. The molecule has 0 unspecified atom stereocenters. The summed E-state index contributed by atoms with van der Waals surface area (Å²) >= 11 is 11.1. The molecule has 4 heteroatoms. The van der Waals surface area contributed by atoms with Crippen LogP contribution in [0, 0.1) is 0 Å². The van der Waals surface area contributed by atoms with Crippen LogP contribution in [0.1, 0.15) is 32.6 Å². The summed E-state index contributed by atoms with van der Waals surface area (Å²) in [6.07, 6.45) is 3.34. The van der Waals surface area contributed by atoms with Crippen LogP contribution in [0.15, 0.2) is 0 Å². The summed E-state index contributed by atoms with van der Waals surface area (Å²) in [4.78, 5) is -0.457. The lowest BCUT2D eigenvalue weighted by atomic mass is 10.0. The molecule has 0 aromatic carbocycles.